The topological polar surface area (TPSA) is 54.0 Å². The maximum absolute atomic E-state index is 12.2. The molecule has 3 rings (SSSR count). The molecule has 160 valence electrons. The zero-order valence-electron chi connectivity index (χ0n) is 17.6. The molecule has 1 heterocycles. The number of para-hydroxylation sites is 1. The molecule has 6 nitrogen and oxygen atoms in total. The van der Waals surface area contributed by atoms with Crippen molar-refractivity contribution in [2.45, 2.75) is 13.8 Å². The monoisotopic (exact) mass is 427 g/mol. The molecule has 0 bridgehead atoms. The fourth-order valence-corrected chi connectivity index (χ4v) is 3.65. The van der Waals surface area contributed by atoms with Gasteiger partial charge in [-0.05, 0) is 43.8 Å². The Labute approximate surface area is 183 Å². The van der Waals surface area contributed by atoms with Gasteiger partial charge in [0, 0.05) is 37.4 Å². The smallest absolute Gasteiger partial charge is 0.262 e. The van der Waals surface area contributed by atoms with Crippen LogP contribution < -0.4 is 14.8 Å². The van der Waals surface area contributed by atoms with Gasteiger partial charge < -0.3 is 24.6 Å². The highest BCUT2D eigenvalue weighted by Gasteiger charge is 2.20. The maximum atomic E-state index is 12.2. The Kier molecular flexibility index (Phi) is 8.04. The number of hydrogen-bond acceptors (Lipinski definition) is 5. The highest BCUT2D eigenvalue weighted by molar-refractivity contribution is 7.80. The van der Waals surface area contributed by atoms with Gasteiger partial charge in [-0.2, -0.15) is 0 Å². The molecule has 30 heavy (non-hydrogen) atoms. The summed E-state index contributed by atoms with van der Waals surface area (Å²) in [4.78, 5) is 17.7. The van der Waals surface area contributed by atoms with E-state index in [1.165, 1.54) is 0 Å². The number of carbonyl (C=O) groups is 1. The van der Waals surface area contributed by atoms with Crippen LogP contribution in [0, 0.1) is 0 Å². The molecule has 1 N–H and O–H groups in total. The van der Waals surface area contributed by atoms with Crippen molar-refractivity contribution in [1.29, 1.82) is 0 Å². The number of thiocarbonyl (C=S) groups is 1. The second-order valence-corrected chi connectivity index (χ2v) is 7.41. The normalized spacial score (nSPS) is 14.3. The van der Waals surface area contributed by atoms with E-state index in [4.69, 9.17) is 21.7 Å². The first kappa shape index (κ1) is 22.1. The van der Waals surface area contributed by atoms with Crippen LogP contribution in [0.2, 0.25) is 0 Å². The summed E-state index contributed by atoms with van der Waals surface area (Å²) in [5.41, 5.74) is 1.67. The number of nitrogens with zero attached hydrogens (tertiary/aromatic N) is 2. The van der Waals surface area contributed by atoms with Gasteiger partial charge in [0.2, 0.25) is 0 Å². The zero-order valence-corrected chi connectivity index (χ0v) is 18.4. The molecular formula is C23H29N3O3S. The molecule has 0 radical (unpaired) electrons. The molecule has 2 aromatic carbocycles. The summed E-state index contributed by atoms with van der Waals surface area (Å²) in [6.45, 7) is 9.46. The van der Waals surface area contributed by atoms with E-state index in [-0.39, 0.29) is 12.5 Å². The number of nitrogens with one attached hydrogen (secondary N) is 1. The molecule has 0 atom stereocenters. The summed E-state index contributed by atoms with van der Waals surface area (Å²) in [7, 11) is 0. The lowest BCUT2D eigenvalue weighted by Crippen LogP contribution is -2.48. The average molecular weight is 428 g/mol. The Bertz CT molecular complexity index is 852. The van der Waals surface area contributed by atoms with Crippen LogP contribution in [0.3, 0.4) is 0 Å². The number of rotatable bonds is 8. The van der Waals surface area contributed by atoms with Crippen molar-refractivity contribution in [1.82, 2.24) is 9.80 Å². The van der Waals surface area contributed by atoms with Gasteiger partial charge in [-0.15, -0.1) is 0 Å². The number of hydrogen-bond donors (Lipinski definition) is 1. The quantitative estimate of drug-likeness (QED) is 0.652. The summed E-state index contributed by atoms with van der Waals surface area (Å²) in [6.07, 6.45) is 0. The average Bonchev–Trinajstić information content (AvgIpc) is 2.78. The van der Waals surface area contributed by atoms with Crippen LogP contribution in [0.25, 0.3) is 0 Å². The van der Waals surface area contributed by atoms with Gasteiger partial charge in [-0.3, -0.25) is 4.79 Å². The lowest BCUT2D eigenvalue weighted by molar-refractivity contribution is -0.118. The van der Waals surface area contributed by atoms with Gasteiger partial charge in [0.15, 0.2) is 18.1 Å². The second-order valence-electron chi connectivity index (χ2n) is 7.02. The summed E-state index contributed by atoms with van der Waals surface area (Å²) >= 11 is 5.73. The van der Waals surface area contributed by atoms with Crippen molar-refractivity contribution in [3.05, 3.63) is 54.1 Å². The van der Waals surface area contributed by atoms with Gasteiger partial charge in [-0.1, -0.05) is 37.3 Å². The minimum atomic E-state index is -0.225. The number of ether oxygens (including phenoxy) is 2. The number of likely N-dealkylation sites (N-methyl/N-ethyl adjacent to an activating group) is 1. The van der Waals surface area contributed by atoms with Crippen molar-refractivity contribution >= 4 is 28.8 Å². The number of benzene rings is 2. The summed E-state index contributed by atoms with van der Waals surface area (Å²) < 4.78 is 11.5. The van der Waals surface area contributed by atoms with E-state index in [2.05, 4.69) is 22.0 Å². The van der Waals surface area contributed by atoms with E-state index in [0.717, 1.165) is 49.0 Å². The van der Waals surface area contributed by atoms with Crippen molar-refractivity contribution in [3.8, 4) is 11.5 Å². The van der Waals surface area contributed by atoms with E-state index in [9.17, 15) is 4.79 Å². The minimum absolute atomic E-state index is 0.0995. The highest BCUT2D eigenvalue weighted by atomic mass is 32.1. The van der Waals surface area contributed by atoms with Crippen LogP contribution in [0.15, 0.2) is 48.5 Å². The van der Waals surface area contributed by atoms with Crippen LogP contribution in [-0.4, -0.2) is 66.6 Å². The third-order valence-corrected chi connectivity index (χ3v) is 5.51. The summed E-state index contributed by atoms with van der Waals surface area (Å²) in [6, 6.07) is 15.0. The molecule has 1 aliphatic heterocycles. The maximum Gasteiger partial charge on any atom is 0.262 e. The molecule has 1 fully saturated rings. The number of piperazine rings is 1. The molecule has 0 spiro atoms. The van der Waals surface area contributed by atoms with Gasteiger partial charge in [0.05, 0.1) is 6.61 Å². The first-order chi connectivity index (χ1) is 14.6. The minimum Gasteiger partial charge on any atom is -0.490 e. The third kappa shape index (κ3) is 5.93. The third-order valence-electron chi connectivity index (χ3n) is 5.01. The molecule has 0 aromatic heterocycles. The van der Waals surface area contributed by atoms with Crippen LogP contribution >= 0.6 is 12.2 Å². The molecule has 1 saturated heterocycles. The van der Waals surface area contributed by atoms with Crippen molar-refractivity contribution in [3.63, 3.8) is 0 Å². The standard InChI is InChI=1S/C23H29N3O3S/c1-3-25-12-14-26(15-13-25)23(30)18-10-11-20(21(16-18)28-4-2)29-17-22(27)24-19-8-6-5-7-9-19/h5-11,16H,3-4,12-15,17H2,1-2H3,(H,24,27). The second kappa shape index (κ2) is 10.9. The first-order valence-electron chi connectivity index (χ1n) is 10.4. The summed E-state index contributed by atoms with van der Waals surface area (Å²) in [5.74, 6) is 0.900. The Morgan fingerprint density at radius 1 is 1.00 bits per heavy atom. The van der Waals surface area contributed by atoms with Crippen LogP contribution in [0.5, 0.6) is 11.5 Å². The van der Waals surface area contributed by atoms with Crippen LogP contribution in [0.1, 0.15) is 19.4 Å². The van der Waals surface area contributed by atoms with Crippen LogP contribution in [-0.2, 0) is 4.79 Å². The van der Waals surface area contributed by atoms with E-state index < -0.39 is 0 Å². The predicted octanol–water partition coefficient (Wildman–Crippen LogP) is 3.42. The Balaban J connectivity index is 1.63. The number of anilines is 1. The molecule has 2 aromatic rings. The zero-order chi connectivity index (χ0) is 21.3. The Hall–Kier alpha value is -2.64. The van der Waals surface area contributed by atoms with Gasteiger partial charge in [0.1, 0.15) is 4.99 Å². The largest absolute Gasteiger partial charge is 0.490 e. The molecule has 1 aliphatic rings. The Morgan fingerprint density at radius 3 is 2.40 bits per heavy atom. The molecule has 0 aliphatic carbocycles. The lowest BCUT2D eigenvalue weighted by atomic mass is 10.1. The van der Waals surface area contributed by atoms with E-state index in [0.29, 0.717) is 18.1 Å². The number of carbonyl (C=O) groups excluding carboxylic acids is 1. The van der Waals surface area contributed by atoms with Crippen molar-refractivity contribution in [2.75, 3.05) is 51.3 Å². The molecule has 1 amide bonds. The highest BCUT2D eigenvalue weighted by Crippen LogP contribution is 2.29. The van der Waals surface area contributed by atoms with E-state index in [1.54, 1.807) is 0 Å². The van der Waals surface area contributed by atoms with Gasteiger partial charge in [0.25, 0.3) is 5.91 Å². The SMILES string of the molecule is CCOc1cc(C(=S)N2CCN(CC)CC2)ccc1OCC(=O)Nc1ccccc1. The molecule has 7 heteroatoms. The lowest BCUT2D eigenvalue weighted by Gasteiger charge is -2.35. The molecule has 0 unspecified atom stereocenters. The van der Waals surface area contributed by atoms with E-state index >= 15 is 0 Å². The fraction of sp³-hybridized carbons (Fsp3) is 0.391. The first-order valence-corrected chi connectivity index (χ1v) is 10.8. The van der Waals surface area contributed by atoms with E-state index in [1.807, 2.05) is 55.5 Å². The molecule has 0 saturated carbocycles. The van der Waals surface area contributed by atoms with Crippen LogP contribution in [0.4, 0.5) is 5.69 Å². The molecular weight excluding hydrogens is 398 g/mol. The van der Waals surface area contributed by atoms with Gasteiger partial charge in [-0.25, -0.2) is 0 Å². The summed E-state index contributed by atoms with van der Waals surface area (Å²) in [5, 5.41) is 2.81. The van der Waals surface area contributed by atoms with Crippen molar-refractivity contribution in [2.24, 2.45) is 0 Å². The number of amides is 1. The van der Waals surface area contributed by atoms with Crippen molar-refractivity contribution < 1.29 is 14.3 Å². The Morgan fingerprint density at radius 2 is 1.73 bits per heavy atom. The predicted molar refractivity (Wildman–Crippen MR) is 124 cm³/mol. The fourth-order valence-electron chi connectivity index (χ4n) is 3.34. The van der Waals surface area contributed by atoms with Gasteiger partial charge >= 0.3 is 0 Å².